The number of primary amides is 1. The summed E-state index contributed by atoms with van der Waals surface area (Å²) in [6, 6.07) is 1.89. The minimum atomic E-state index is -0.924. The van der Waals surface area contributed by atoms with E-state index in [0.717, 1.165) is 11.3 Å². The van der Waals surface area contributed by atoms with Crippen molar-refractivity contribution in [1.29, 1.82) is 0 Å². The monoisotopic (exact) mass is 266 g/mol. The molecule has 98 valence electrons. The largest absolute Gasteiger partial charge is 0.389 e. The van der Waals surface area contributed by atoms with Crippen LogP contribution in [0.25, 0.3) is 0 Å². The van der Waals surface area contributed by atoms with Gasteiger partial charge in [0.1, 0.15) is 16.3 Å². The lowest BCUT2D eigenvalue weighted by atomic mass is 10.0. The molecule has 1 amide bonds. The third kappa shape index (κ3) is 2.95. The molecule has 0 atom stereocenters. The van der Waals surface area contributed by atoms with E-state index in [1.54, 1.807) is 13.8 Å². The molecule has 0 radical (unpaired) electrons. The summed E-state index contributed by atoms with van der Waals surface area (Å²) in [6.45, 7) is 7.11. The quantitative estimate of drug-likeness (QED) is 0.707. The second kappa shape index (κ2) is 4.89. The predicted molar refractivity (Wildman–Crippen MR) is 76.5 cm³/mol. The Morgan fingerprint density at radius 3 is 2.39 bits per heavy atom. The maximum atomic E-state index is 11.3. The number of carbonyl (C=O) groups excluding carboxylic acids is 1. The highest BCUT2D eigenvalue weighted by atomic mass is 32.1. The van der Waals surface area contributed by atoms with Crippen LogP contribution >= 0.6 is 12.2 Å². The summed E-state index contributed by atoms with van der Waals surface area (Å²) in [5.41, 5.74) is 12.5. The third-order valence-corrected chi connectivity index (χ3v) is 2.84. The Labute approximate surface area is 112 Å². The predicted octanol–water partition coefficient (Wildman–Crippen LogP) is 1.01. The molecule has 5 nitrogen and oxygen atoms in total. The molecule has 0 spiro atoms. The first-order valence-electron chi connectivity index (χ1n) is 5.51. The van der Waals surface area contributed by atoms with Gasteiger partial charge in [0.05, 0.1) is 5.56 Å². The van der Waals surface area contributed by atoms with Crippen molar-refractivity contribution in [3.8, 4) is 0 Å². The van der Waals surface area contributed by atoms with Crippen molar-refractivity contribution in [2.45, 2.75) is 33.2 Å². The Morgan fingerprint density at radius 1 is 1.39 bits per heavy atom. The molecule has 0 fully saturated rings. The molecule has 0 saturated carbocycles. The Hall–Kier alpha value is -1.69. The number of aromatic nitrogens is 1. The zero-order valence-electron chi connectivity index (χ0n) is 11.0. The summed E-state index contributed by atoms with van der Waals surface area (Å²) in [5, 5.41) is 3.00. The average Bonchev–Trinajstić information content (AvgIpc) is 2.13. The molecular weight excluding hydrogens is 248 g/mol. The molecule has 0 aliphatic carbocycles. The molecule has 0 saturated heterocycles. The summed E-state index contributed by atoms with van der Waals surface area (Å²) in [4.78, 5) is 15.9. The molecule has 1 rings (SSSR count). The van der Waals surface area contributed by atoms with Gasteiger partial charge in [-0.25, -0.2) is 4.98 Å². The van der Waals surface area contributed by atoms with Crippen LogP contribution in [0.2, 0.25) is 0 Å². The lowest BCUT2D eigenvalue weighted by Gasteiger charge is -2.25. The number of thiocarbonyl (C=S) groups is 1. The number of carbonyl (C=O) groups is 1. The normalized spacial score (nSPS) is 11.1. The fourth-order valence-electron chi connectivity index (χ4n) is 1.60. The molecule has 6 heteroatoms. The third-order valence-electron chi connectivity index (χ3n) is 2.64. The fourth-order valence-corrected chi connectivity index (χ4v) is 1.85. The Morgan fingerprint density at radius 2 is 1.94 bits per heavy atom. The molecule has 1 aromatic heterocycles. The van der Waals surface area contributed by atoms with Gasteiger partial charge < -0.3 is 16.8 Å². The van der Waals surface area contributed by atoms with Gasteiger partial charge in [0, 0.05) is 5.69 Å². The van der Waals surface area contributed by atoms with Crippen molar-refractivity contribution >= 4 is 28.9 Å². The zero-order chi connectivity index (χ0) is 14.1. The van der Waals surface area contributed by atoms with Gasteiger partial charge in [-0.3, -0.25) is 4.79 Å². The van der Waals surface area contributed by atoms with Crippen LogP contribution in [0.4, 0.5) is 5.82 Å². The van der Waals surface area contributed by atoms with Crippen molar-refractivity contribution in [2.24, 2.45) is 11.5 Å². The number of rotatable bonds is 4. The number of nitrogens with one attached hydrogen (secondary N) is 1. The van der Waals surface area contributed by atoms with Crippen molar-refractivity contribution < 1.29 is 4.79 Å². The molecule has 1 heterocycles. The summed E-state index contributed by atoms with van der Waals surface area (Å²) in [7, 11) is 0. The highest BCUT2D eigenvalue weighted by molar-refractivity contribution is 7.80. The van der Waals surface area contributed by atoms with Crippen molar-refractivity contribution in [3.63, 3.8) is 0 Å². The van der Waals surface area contributed by atoms with Gasteiger partial charge in [-0.05, 0) is 39.3 Å². The van der Waals surface area contributed by atoms with Crippen molar-refractivity contribution in [1.82, 2.24) is 4.98 Å². The van der Waals surface area contributed by atoms with Crippen molar-refractivity contribution in [3.05, 3.63) is 22.9 Å². The molecule has 0 aromatic carbocycles. The average molecular weight is 266 g/mol. The van der Waals surface area contributed by atoms with E-state index in [2.05, 4.69) is 10.3 Å². The molecule has 1 aromatic rings. The van der Waals surface area contributed by atoms with Crippen LogP contribution in [-0.2, 0) is 4.79 Å². The topological polar surface area (TPSA) is 94.0 Å². The van der Waals surface area contributed by atoms with Gasteiger partial charge >= 0.3 is 0 Å². The number of nitrogens with two attached hydrogens (primary N) is 2. The number of amides is 1. The van der Waals surface area contributed by atoms with E-state index >= 15 is 0 Å². The minimum absolute atomic E-state index is 0.239. The maximum Gasteiger partial charge on any atom is 0.242 e. The van der Waals surface area contributed by atoms with Gasteiger partial charge in [-0.2, -0.15) is 0 Å². The van der Waals surface area contributed by atoms with Crippen LogP contribution in [-0.4, -0.2) is 21.4 Å². The standard InChI is InChI=1S/C12H18N4OS/c1-6-5-7(2)15-10(8(6)9(13)18)16-12(3,4)11(14)17/h5H,1-4H3,(H2,13,18)(H2,14,17)(H,15,16). The maximum absolute atomic E-state index is 11.3. The number of pyridine rings is 1. The molecule has 0 unspecified atom stereocenters. The highest BCUT2D eigenvalue weighted by Gasteiger charge is 2.27. The summed E-state index contributed by atoms with van der Waals surface area (Å²) in [6.07, 6.45) is 0. The van der Waals surface area contributed by atoms with Gasteiger partial charge in [0.15, 0.2) is 0 Å². The molecule has 0 aliphatic rings. The lowest BCUT2D eigenvalue weighted by molar-refractivity contribution is -0.121. The highest BCUT2D eigenvalue weighted by Crippen LogP contribution is 2.22. The minimum Gasteiger partial charge on any atom is -0.389 e. The van der Waals surface area contributed by atoms with Gasteiger partial charge in [-0.1, -0.05) is 12.2 Å². The van der Waals surface area contributed by atoms with E-state index in [1.807, 2.05) is 19.9 Å². The van der Waals surface area contributed by atoms with Crippen LogP contribution in [0.15, 0.2) is 6.07 Å². The zero-order valence-corrected chi connectivity index (χ0v) is 11.8. The number of hydrogen-bond acceptors (Lipinski definition) is 4. The number of anilines is 1. The van der Waals surface area contributed by atoms with Crippen molar-refractivity contribution in [2.75, 3.05) is 5.32 Å². The molecular formula is C12H18N4OS. The van der Waals surface area contributed by atoms with E-state index in [0.29, 0.717) is 11.4 Å². The van der Waals surface area contributed by atoms with Crippen LogP contribution < -0.4 is 16.8 Å². The Bertz CT molecular complexity index is 511. The van der Waals surface area contributed by atoms with Crippen LogP contribution in [0.1, 0.15) is 30.7 Å². The molecule has 5 N–H and O–H groups in total. The number of hydrogen-bond donors (Lipinski definition) is 3. The Kier molecular flexibility index (Phi) is 3.91. The van der Waals surface area contributed by atoms with E-state index in [-0.39, 0.29) is 4.99 Å². The van der Waals surface area contributed by atoms with Crippen LogP contribution in [0, 0.1) is 13.8 Å². The van der Waals surface area contributed by atoms with E-state index in [9.17, 15) is 4.79 Å². The number of aryl methyl sites for hydroxylation is 2. The SMILES string of the molecule is Cc1cc(C)c(C(N)=S)c(NC(C)(C)C(N)=O)n1. The van der Waals surface area contributed by atoms with E-state index in [4.69, 9.17) is 23.7 Å². The molecule has 0 aliphatic heterocycles. The van der Waals surface area contributed by atoms with Crippen LogP contribution in [0.3, 0.4) is 0 Å². The van der Waals surface area contributed by atoms with Gasteiger partial charge in [0.2, 0.25) is 5.91 Å². The summed E-state index contributed by atoms with van der Waals surface area (Å²) >= 11 is 5.02. The summed E-state index contributed by atoms with van der Waals surface area (Å²) < 4.78 is 0. The summed E-state index contributed by atoms with van der Waals surface area (Å²) in [5.74, 6) is 0.0150. The van der Waals surface area contributed by atoms with E-state index in [1.165, 1.54) is 0 Å². The molecule has 18 heavy (non-hydrogen) atoms. The van der Waals surface area contributed by atoms with E-state index < -0.39 is 11.4 Å². The second-order valence-corrected chi connectivity index (χ2v) is 5.22. The first kappa shape index (κ1) is 14.4. The van der Waals surface area contributed by atoms with Gasteiger partial charge in [0.25, 0.3) is 0 Å². The van der Waals surface area contributed by atoms with Crippen LogP contribution in [0.5, 0.6) is 0 Å². The lowest BCUT2D eigenvalue weighted by Crippen LogP contribution is -2.45. The smallest absolute Gasteiger partial charge is 0.242 e. The van der Waals surface area contributed by atoms with Gasteiger partial charge in [-0.15, -0.1) is 0 Å². The second-order valence-electron chi connectivity index (χ2n) is 4.78. The number of nitrogens with zero attached hydrogens (tertiary/aromatic N) is 1. The fraction of sp³-hybridized carbons (Fsp3) is 0.417. The first-order valence-corrected chi connectivity index (χ1v) is 5.92. The first-order chi connectivity index (χ1) is 8.15. The Balaban J connectivity index is 3.32. The molecule has 0 bridgehead atoms.